The second-order valence-electron chi connectivity index (χ2n) is 4.76. The molecule has 0 radical (unpaired) electrons. The third kappa shape index (κ3) is 4.03. The number of amides is 1. The molecule has 0 saturated carbocycles. The highest BCUT2D eigenvalue weighted by Crippen LogP contribution is 2.22. The largest absolute Gasteiger partial charge is 0.369 e. The van der Waals surface area contributed by atoms with Crippen LogP contribution < -0.4 is 5.73 Å². The van der Waals surface area contributed by atoms with Crippen molar-refractivity contribution >= 4 is 16.7 Å². The SMILES string of the molecule is Cc1cccc(-c2cccc(C[S@](=O)CC(N)=O)c2)c1. The summed E-state index contributed by atoms with van der Waals surface area (Å²) < 4.78 is 11.7. The number of carbonyl (C=O) groups excluding carboxylic acids is 1. The molecule has 1 atom stereocenters. The van der Waals surface area contributed by atoms with Crippen molar-refractivity contribution in [3.05, 3.63) is 59.7 Å². The molecule has 0 aliphatic carbocycles. The summed E-state index contributed by atoms with van der Waals surface area (Å²) in [5.74, 6) is -0.268. The molecule has 2 rings (SSSR count). The minimum atomic E-state index is -1.24. The predicted molar refractivity (Wildman–Crippen MR) is 82.5 cm³/mol. The van der Waals surface area contributed by atoms with Crippen LogP contribution in [0.4, 0.5) is 0 Å². The highest BCUT2D eigenvalue weighted by Gasteiger charge is 2.06. The molecule has 0 aromatic heterocycles. The van der Waals surface area contributed by atoms with Crippen molar-refractivity contribution in [2.24, 2.45) is 5.73 Å². The molecule has 3 nitrogen and oxygen atoms in total. The number of hydrogen-bond donors (Lipinski definition) is 1. The zero-order chi connectivity index (χ0) is 14.5. The van der Waals surface area contributed by atoms with Gasteiger partial charge in [0.2, 0.25) is 5.91 Å². The Bertz CT molecular complexity index is 652. The molecule has 104 valence electrons. The van der Waals surface area contributed by atoms with Gasteiger partial charge in [-0.05, 0) is 23.6 Å². The first-order valence-corrected chi connectivity index (χ1v) is 7.82. The Morgan fingerprint density at radius 2 is 1.75 bits per heavy atom. The summed E-state index contributed by atoms with van der Waals surface area (Å²) in [5, 5.41) is 0. The van der Waals surface area contributed by atoms with Crippen molar-refractivity contribution in [2.45, 2.75) is 12.7 Å². The molecule has 0 saturated heterocycles. The average Bonchev–Trinajstić information content (AvgIpc) is 2.38. The predicted octanol–water partition coefficient (Wildman–Crippen LogP) is 2.40. The number of rotatable bonds is 5. The van der Waals surface area contributed by atoms with Crippen LogP contribution >= 0.6 is 0 Å². The van der Waals surface area contributed by atoms with Crippen LogP contribution in [0, 0.1) is 6.92 Å². The van der Waals surface area contributed by atoms with Crippen LogP contribution in [0.3, 0.4) is 0 Å². The molecule has 0 bridgehead atoms. The highest BCUT2D eigenvalue weighted by atomic mass is 32.2. The smallest absolute Gasteiger partial charge is 0.230 e. The fourth-order valence-corrected chi connectivity index (χ4v) is 3.03. The molecular formula is C16H17NO2S. The van der Waals surface area contributed by atoms with Crippen molar-refractivity contribution in [3.8, 4) is 11.1 Å². The van der Waals surface area contributed by atoms with E-state index in [2.05, 4.69) is 19.1 Å². The van der Waals surface area contributed by atoms with E-state index < -0.39 is 16.7 Å². The lowest BCUT2D eigenvalue weighted by molar-refractivity contribution is -0.115. The molecule has 2 aromatic carbocycles. The zero-order valence-electron chi connectivity index (χ0n) is 11.3. The number of carbonyl (C=O) groups is 1. The van der Waals surface area contributed by atoms with Gasteiger partial charge in [0.05, 0.1) is 0 Å². The maximum Gasteiger partial charge on any atom is 0.230 e. The van der Waals surface area contributed by atoms with Gasteiger partial charge in [0.1, 0.15) is 5.75 Å². The van der Waals surface area contributed by atoms with Gasteiger partial charge in [-0.15, -0.1) is 0 Å². The van der Waals surface area contributed by atoms with Gasteiger partial charge >= 0.3 is 0 Å². The summed E-state index contributed by atoms with van der Waals surface area (Å²) in [7, 11) is -1.24. The Kier molecular flexibility index (Phi) is 4.69. The summed E-state index contributed by atoms with van der Waals surface area (Å²) in [5.41, 5.74) is 9.42. The van der Waals surface area contributed by atoms with Crippen molar-refractivity contribution in [1.82, 2.24) is 0 Å². The topological polar surface area (TPSA) is 60.2 Å². The van der Waals surface area contributed by atoms with E-state index in [1.807, 2.05) is 36.4 Å². The summed E-state index contributed by atoms with van der Waals surface area (Å²) in [4.78, 5) is 10.8. The molecule has 0 aliphatic heterocycles. The number of nitrogens with two attached hydrogens (primary N) is 1. The first-order chi connectivity index (χ1) is 9.54. The van der Waals surface area contributed by atoms with Gasteiger partial charge in [-0.3, -0.25) is 9.00 Å². The van der Waals surface area contributed by atoms with Gasteiger partial charge in [0, 0.05) is 16.6 Å². The van der Waals surface area contributed by atoms with Gasteiger partial charge in [-0.2, -0.15) is 0 Å². The first-order valence-electron chi connectivity index (χ1n) is 6.34. The van der Waals surface area contributed by atoms with E-state index in [1.165, 1.54) is 5.56 Å². The molecule has 0 heterocycles. The van der Waals surface area contributed by atoms with E-state index in [4.69, 9.17) is 5.73 Å². The van der Waals surface area contributed by atoms with Crippen LogP contribution in [0.15, 0.2) is 48.5 Å². The van der Waals surface area contributed by atoms with Gasteiger partial charge in [-0.25, -0.2) is 0 Å². The van der Waals surface area contributed by atoms with Gasteiger partial charge in [0.25, 0.3) is 0 Å². The molecule has 2 aromatic rings. The lowest BCUT2D eigenvalue weighted by Crippen LogP contribution is -2.20. The van der Waals surface area contributed by atoms with Crippen LogP contribution in [-0.4, -0.2) is 15.9 Å². The Balaban J connectivity index is 2.20. The normalized spacial score (nSPS) is 12.1. The fourth-order valence-electron chi connectivity index (χ4n) is 2.06. The zero-order valence-corrected chi connectivity index (χ0v) is 12.2. The molecule has 2 N–H and O–H groups in total. The Morgan fingerprint density at radius 3 is 2.40 bits per heavy atom. The van der Waals surface area contributed by atoms with E-state index in [9.17, 15) is 9.00 Å². The van der Waals surface area contributed by atoms with Crippen LogP contribution in [0.5, 0.6) is 0 Å². The summed E-state index contributed by atoms with van der Waals surface area (Å²) in [6.07, 6.45) is 0. The second-order valence-corrected chi connectivity index (χ2v) is 6.22. The second kappa shape index (κ2) is 6.48. The third-order valence-electron chi connectivity index (χ3n) is 2.91. The Hall–Kier alpha value is -1.94. The minimum Gasteiger partial charge on any atom is -0.369 e. The summed E-state index contributed by atoms with van der Waals surface area (Å²) in [6.45, 7) is 2.05. The lowest BCUT2D eigenvalue weighted by atomic mass is 10.0. The Morgan fingerprint density at radius 1 is 1.10 bits per heavy atom. The quantitative estimate of drug-likeness (QED) is 0.918. The monoisotopic (exact) mass is 287 g/mol. The first kappa shape index (κ1) is 14.5. The van der Waals surface area contributed by atoms with E-state index in [0.717, 1.165) is 16.7 Å². The van der Waals surface area contributed by atoms with E-state index in [1.54, 1.807) is 0 Å². The highest BCUT2D eigenvalue weighted by molar-refractivity contribution is 7.84. The molecule has 0 fully saturated rings. The van der Waals surface area contributed by atoms with Crippen LogP contribution in [-0.2, 0) is 21.3 Å². The molecule has 0 aliphatic rings. The maximum absolute atomic E-state index is 11.7. The average molecular weight is 287 g/mol. The number of primary amides is 1. The van der Waals surface area contributed by atoms with Crippen molar-refractivity contribution in [2.75, 3.05) is 5.75 Å². The molecule has 0 spiro atoms. The fraction of sp³-hybridized carbons (Fsp3) is 0.188. The summed E-state index contributed by atoms with van der Waals surface area (Å²) >= 11 is 0. The van der Waals surface area contributed by atoms with E-state index in [0.29, 0.717) is 5.75 Å². The maximum atomic E-state index is 11.7. The Labute approximate surface area is 121 Å². The third-order valence-corrected chi connectivity index (χ3v) is 4.17. The van der Waals surface area contributed by atoms with Crippen molar-refractivity contribution < 1.29 is 9.00 Å². The molecule has 0 unspecified atom stereocenters. The van der Waals surface area contributed by atoms with E-state index in [-0.39, 0.29) is 5.75 Å². The number of benzene rings is 2. The van der Waals surface area contributed by atoms with Crippen LogP contribution in [0.1, 0.15) is 11.1 Å². The molecule has 20 heavy (non-hydrogen) atoms. The molecule has 4 heteroatoms. The van der Waals surface area contributed by atoms with E-state index >= 15 is 0 Å². The molecule has 1 amide bonds. The molecular weight excluding hydrogens is 270 g/mol. The van der Waals surface area contributed by atoms with Crippen molar-refractivity contribution in [3.63, 3.8) is 0 Å². The standard InChI is InChI=1S/C16H17NO2S/c1-12-4-2-6-14(8-12)15-7-3-5-13(9-15)10-20(19)11-16(17)18/h2-9H,10-11H2,1H3,(H2,17,18)/t20-/m0/s1. The number of aryl methyl sites for hydroxylation is 1. The minimum absolute atomic E-state index is 0.0886. The van der Waals surface area contributed by atoms with Crippen LogP contribution in [0.2, 0.25) is 0 Å². The number of hydrogen-bond acceptors (Lipinski definition) is 2. The van der Waals surface area contributed by atoms with Gasteiger partial charge in [0.15, 0.2) is 0 Å². The van der Waals surface area contributed by atoms with Gasteiger partial charge < -0.3 is 5.73 Å². The van der Waals surface area contributed by atoms with Crippen molar-refractivity contribution in [1.29, 1.82) is 0 Å². The lowest BCUT2D eigenvalue weighted by Gasteiger charge is -2.06. The van der Waals surface area contributed by atoms with Crippen LogP contribution in [0.25, 0.3) is 11.1 Å². The van der Waals surface area contributed by atoms with Gasteiger partial charge in [-0.1, -0.05) is 54.1 Å². The summed E-state index contributed by atoms with van der Waals surface area (Å²) in [6, 6.07) is 16.1.